The monoisotopic (exact) mass is 398 g/mol. The Hall–Kier alpha value is -2.64. The maximum atomic E-state index is 13.0. The number of anilines is 1. The fraction of sp³-hybridized carbons (Fsp3) is 0.286. The summed E-state index contributed by atoms with van der Waals surface area (Å²) in [5.41, 5.74) is 1.73. The first-order chi connectivity index (χ1) is 13.5. The van der Waals surface area contributed by atoms with E-state index in [1.807, 2.05) is 18.2 Å². The minimum atomic E-state index is -3.70. The number of pyridine rings is 1. The molecule has 146 valence electrons. The van der Waals surface area contributed by atoms with Gasteiger partial charge >= 0.3 is 0 Å². The zero-order chi connectivity index (χ0) is 19.7. The zero-order valence-corrected chi connectivity index (χ0v) is 16.4. The minimum absolute atomic E-state index is 0.152. The Balaban J connectivity index is 1.74. The summed E-state index contributed by atoms with van der Waals surface area (Å²) in [5.74, 6) is 0.490. The van der Waals surface area contributed by atoms with Gasteiger partial charge in [-0.25, -0.2) is 8.42 Å². The third-order valence-corrected chi connectivity index (χ3v) is 6.85. The van der Waals surface area contributed by atoms with E-state index < -0.39 is 9.84 Å². The number of fused-ring (bicyclic) bond motifs is 1. The molecule has 0 spiro atoms. The number of hydrogen-bond donors (Lipinski definition) is 1. The van der Waals surface area contributed by atoms with Gasteiger partial charge in [0.15, 0.2) is 0 Å². The molecule has 1 fully saturated rings. The Labute approximate surface area is 164 Å². The number of piperidine rings is 1. The lowest BCUT2D eigenvalue weighted by molar-refractivity contribution is 0.145. The minimum Gasteiger partial charge on any atom is -0.497 e. The Morgan fingerprint density at radius 2 is 1.82 bits per heavy atom. The molecule has 2 aromatic carbocycles. The number of benzene rings is 2. The molecule has 0 unspecified atom stereocenters. The van der Waals surface area contributed by atoms with Crippen LogP contribution in [0.2, 0.25) is 0 Å². The first-order valence-electron chi connectivity index (χ1n) is 9.20. The van der Waals surface area contributed by atoms with E-state index in [4.69, 9.17) is 4.74 Å². The number of aliphatic hydroxyl groups is 1. The third-order valence-electron chi connectivity index (χ3n) is 5.13. The van der Waals surface area contributed by atoms with Crippen molar-refractivity contribution in [2.45, 2.75) is 28.7 Å². The van der Waals surface area contributed by atoms with Gasteiger partial charge in [0.1, 0.15) is 5.75 Å². The van der Waals surface area contributed by atoms with Gasteiger partial charge in [0.25, 0.3) is 0 Å². The van der Waals surface area contributed by atoms with E-state index in [-0.39, 0.29) is 15.9 Å². The highest BCUT2D eigenvalue weighted by Crippen LogP contribution is 2.31. The predicted octanol–water partition coefficient (Wildman–Crippen LogP) is 3.04. The Morgan fingerprint density at radius 3 is 2.57 bits per heavy atom. The summed E-state index contributed by atoms with van der Waals surface area (Å²) in [5, 5.41) is 10.5. The van der Waals surface area contributed by atoms with E-state index >= 15 is 0 Å². The molecule has 1 aliphatic rings. The molecule has 0 atom stereocenters. The van der Waals surface area contributed by atoms with Gasteiger partial charge in [-0.1, -0.05) is 18.2 Å². The van der Waals surface area contributed by atoms with Crippen molar-refractivity contribution in [1.82, 2.24) is 4.98 Å². The number of aliphatic hydroxyl groups excluding tert-OH is 1. The van der Waals surface area contributed by atoms with Crippen LogP contribution in [-0.2, 0) is 9.84 Å². The largest absolute Gasteiger partial charge is 0.497 e. The highest BCUT2D eigenvalue weighted by Gasteiger charge is 2.22. The highest BCUT2D eigenvalue weighted by atomic mass is 32.2. The molecule has 4 rings (SSSR count). The Bertz CT molecular complexity index is 1110. The van der Waals surface area contributed by atoms with Crippen LogP contribution < -0.4 is 9.64 Å². The molecule has 0 saturated carbocycles. The zero-order valence-electron chi connectivity index (χ0n) is 15.6. The van der Waals surface area contributed by atoms with Crippen molar-refractivity contribution in [3.05, 3.63) is 54.7 Å². The lowest BCUT2D eigenvalue weighted by Gasteiger charge is -2.31. The standard InChI is InChI=1S/C21H22N2O4S/c1-27-17-5-3-6-18(13-17)28(25,26)19-12-15-4-2-7-20(21(15)22-14-19)23-10-8-16(24)9-11-23/h2-7,12-14,16,24H,8-11H2,1H3. The number of para-hydroxylation sites is 1. The summed E-state index contributed by atoms with van der Waals surface area (Å²) in [4.78, 5) is 7.02. The number of methoxy groups -OCH3 is 1. The van der Waals surface area contributed by atoms with E-state index in [1.54, 1.807) is 24.3 Å². The van der Waals surface area contributed by atoms with Crippen LogP contribution in [0.1, 0.15) is 12.8 Å². The molecule has 0 aliphatic carbocycles. The summed E-state index contributed by atoms with van der Waals surface area (Å²) in [6, 6.07) is 13.9. The average Bonchev–Trinajstić information content (AvgIpc) is 2.73. The lowest BCUT2D eigenvalue weighted by Crippen LogP contribution is -2.35. The molecule has 6 nitrogen and oxygen atoms in total. The molecule has 3 aromatic rings. The molecule has 1 aliphatic heterocycles. The van der Waals surface area contributed by atoms with E-state index in [9.17, 15) is 13.5 Å². The van der Waals surface area contributed by atoms with Crippen LogP contribution in [0.3, 0.4) is 0 Å². The summed E-state index contributed by atoms with van der Waals surface area (Å²) in [6.45, 7) is 1.51. The van der Waals surface area contributed by atoms with Crippen LogP contribution in [0.25, 0.3) is 10.9 Å². The molecule has 1 saturated heterocycles. The number of ether oxygens (including phenoxy) is 1. The normalized spacial score (nSPS) is 15.7. The molecular weight excluding hydrogens is 376 g/mol. The van der Waals surface area contributed by atoms with Crippen molar-refractivity contribution < 1.29 is 18.3 Å². The van der Waals surface area contributed by atoms with Crippen molar-refractivity contribution in [2.75, 3.05) is 25.1 Å². The Kier molecular flexibility index (Phi) is 4.95. The number of sulfone groups is 1. The number of nitrogens with zero attached hydrogens (tertiary/aromatic N) is 2. The molecule has 1 aromatic heterocycles. The first-order valence-corrected chi connectivity index (χ1v) is 10.7. The van der Waals surface area contributed by atoms with Crippen LogP contribution in [0.15, 0.2) is 64.5 Å². The lowest BCUT2D eigenvalue weighted by atomic mass is 10.1. The molecule has 0 amide bonds. The second-order valence-corrected chi connectivity index (χ2v) is 8.87. The van der Waals surface area contributed by atoms with Crippen molar-refractivity contribution in [2.24, 2.45) is 0 Å². The van der Waals surface area contributed by atoms with Crippen LogP contribution in [0.5, 0.6) is 5.75 Å². The molecule has 0 radical (unpaired) electrons. The summed E-state index contributed by atoms with van der Waals surface area (Å²) < 4.78 is 31.2. The molecule has 1 N–H and O–H groups in total. The summed E-state index contributed by atoms with van der Waals surface area (Å²) in [7, 11) is -2.19. The van der Waals surface area contributed by atoms with Crippen molar-refractivity contribution >= 4 is 26.4 Å². The molecule has 2 heterocycles. The van der Waals surface area contributed by atoms with Gasteiger partial charge in [-0.15, -0.1) is 0 Å². The van der Waals surface area contributed by atoms with Gasteiger partial charge in [-0.2, -0.15) is 0 Å². The summed E-state index contributed by atoms with van der Waals surface area (Å²) in [6.07, 6.45) is 2.61. The van der Waals surface area contributed by atoms with Gasteiger partial charge in [-0.05, 0) is 43.2 Å². The van der Waals surface area contributed by atoms with Gasteiger partial charge in [0.2, 0.25) is 9.84 Å². The predicted molar refractivity (Wildman–Crippen MR) is 108 cm³/mol. The maximum absolute atomic E-state index is 13.0. The van der Waals surface area contributed by atoms with Crippen LogP contribution >= 0.6 is 0 Å². The fourth-order valence-corrected chi connectivity index (χ4v) is 4.81. The Morgan fingerprint density at radius 1 is 1.07 bits per heavy atom. The van der Waals surface area contributed by atoms with Gasteiger partial charge in [0.05, 0.1) is 34.2 Å². The second kappa shape index (κ2) is 7.41. The molecular formula is C21H22N2O4S. The van der Waals surface area contributed by atoms with Gasteiger partial charge in [0, 0.05) is 24.7 Å². The smallest absolute Gasteiger partial charge is 0.208 e. The topological polar surface area (TPSA) is 79.7 Å². The first kappa shape index (κ1) is 18.7. The molecule has 7 heteroatoms. The van der Waals surface area contributed by atoms with E-state index in [0.29, 0.717) is 5.75 Å². The van der Waals surface area contributed by atoms with Crippen molar-refractivity contribution in [3.8, 4) is 5.75 Å². The van der Waals surface area contributed by atoms with Crippen LogP contribution in [0.4, 0.5) is 5.69 Å². The van der Waals surface area contributed by atoms with E-state index in [0.717, 1.165) is 42.5 Å². The second-order valence-electron chi connectivity index (χ2n) is 6.92. The quantitative estimate of drug-likeness (QED) is 0.728. The van der Waals surface area contributed by atoms with Crippen LogP contribution in [0, 0.1) is 0 Å². The average molecular weight is 398 g/mol. The molecule has 0 bridgehead atoms. The number of aromatic nitrogens is 1. The number of rotatable bonds is 4. The maximum Gasteiger partial charge on any atom is 0.208 e. The van der Waals surface area contributed by atoms with E-state index in [1.165, 1.54) is 19.4 Å². The van der Waals surface area contributed by atoms with Crippen molar-refractivity contribution in [1.29, 1.82) is 0 Å². The van der Waals surface area contributed by atoms with Crippen LogP contribution in [-0.4, -0.2) is 44.8 Å². The highest BCUT2D eigenvalue weighted by molar-refractivity contribution is 7.91. The van der Waals surface area contributed by atoms with E-state index in [2.05, 4.69) is 9.88 Å². The van der Waals surface area contributed by atoms with Gasteiger partial charge in [-0.3, -0.25) is 4.98 Å². The number of hydrogen-bond acceptors (Lipinski definition) is 6. The van der Waals surface area contributed by atoms with Crippen molar-refractivity contribution in [3.63, 3.8) is 0 Å². The van der Waals surface area contributed by atoms with Gasteiger partial charge < -0.3 is 14.7 Å². The SMILES string of the molecule is COc1cccc(S(=O)(=O)c2cnc3c(N4CCC(O)CC4)cccc3c2)c1. The summed E-state index contributed by atoms with van der Waals surface area (Å²) >= 11 is 0. The third kappa shape index (κ3) is 3.43. The fourth-order valence-electron chi connectivity index (χ4n) is 3.54. The molecule has 28 heavy (non-hydrogen) atoms.